The summed E-state index contributed by atoms with van der Waals surface area (Å²) in [5, 5.41) is 3.39. The van der Waals surface area contributed by atoms with Gasteiger partial charge in [-0.1, -0.05) is 54.2 Å². The van der Waals surface area contributed by atoms with Gasteiger partial charge in [-0.05, 0) is 67.4 Å². The number of hydrogen-bond acceptors (Lipinski definition) is 6. The second kappa shape index (κ2) is 13.0. The molecule has 4 rings (SSSR count). The number of rotatable bonds is 10. The maximum atomic E-state index is 13.8. The van der Waals surface area contributed by atoms with Crippen LogP contribution in [-0.4, -0.2) is 39.5 Å². The van der Waals surface area contributed by atoms with Crippen LogP contribution in [0, 0.1) is 19.7 Å². The molecule has 0 aliphatic heterocycles. The van der Waals surface area contributed by atoms with Crippen LogP contribution in [0.15, 0.2) is 90.1 Å². The Labute approximate surface area is 231 Å². The number of carbonyl (C=O) groups is 2. The van der Waals surface area contributed by atoms with Crippen LogP contribution in [0.2, 0.25) is 0 Å². The first-order chi connectivity index (χ1) is 18.8. The molecule has 1 N–H and O–H groups in total. The Balaban J connectivity index is 1.67. The molecule has 0 radical (unpaired) electrons. The molecule has 3 aromatic carbocycles. The Hall–Kier alpha value is -4.24. The molecule has 0 bridgehead atoms. The third kappa shape index (κ3) is 7.64. The molecule has 0 spiro atoms. The quantitative estimate of drug-likeness (QED) is 0.202. The Kier molecular flexibility index (Phi) is 9.27. The van der Waals surface area contributed by atoms with Gasteiger partial charge in [-0.25, -0.2) is 14.4 Å². The van der Waals surface area contributed by atoms with Gasteiger partial charge in [0.15, 0.2) is 5.16 Å². The Morgan fingerprint density at radius 3 is 2.21 bits per heavy atom. The molecular weight excluding hydrogens is 515 g/mol. The summed E-state index contributed by atoms with van der Waals surface area (Å²) in [5.74, 6) is -0.482. The molecule has 39 heavy (non-hydrogen) atoms. The normalized spacial score (nSPS) is 11.5. The van der Waals surface area contributed by atoms with Crippen molar-refractivity contribution in [1.82, 2.24) is 14.9 Å². The maximum absolute atomic E-state index is 13.8. The number of ether oxygens (including phenoxy) is 1. The van der Waals surface area contributed by atoms with Gasteiger partial charge < -0.3 is 15.0 Å². The van der Waals surface area contributed by atoms with E-state index >= 15 is 0 Å². The van der Waals surface area contributed by atoms with E-state index in [1.807, 2.05) is 50.2 Å². The van der Waals surface area contributed by atoms with E-state index in [1.165, 1.54) is 40.9 Å². The van der Waals surface area contributed by atoms with E-state index in [-0.39, 0.29) is 18.2 Å². The molecule has 1 heterocycles. The summed E-state index contributed by atoms with van der Waals surface area (Å²) in [6.07, 6.45) is 0. The zero-order chi connectivity index (χ0) is 27.8. The first kappa shape index (κ1) is 27.8. The zero-order valence-electron chi connectivity index (χ0n) is 21.9. The number of nitrogens with one attached hydrogen (secondary N) is 1. The number of methoxy groups -OCH3 is 1. The highest BCUT2D eigenvalue weighted by Gasteiger charge is 2.32. The van der Waals surface area contributed by atoms with E-state index in [0.717, 1.165) is 17.0 Å². The minimum atomic E-state index is -1.03. The van der Waals surface area contributed by atoms with Crippen molar-refractivity contribution >= 4 is 29.3 Å². The summed E-state index contributed by atoms with van der Waals surface area (Å²) in [5.41, 5.74) is 3.49. The topological polar surface area (TPSA) is 84.4 Å². The number of hydrogen-bond donors (Lipinski definition) is 1. The highest BCUT2D eigenvalue weighted by molar-refractivity contribution is 7.99. The maximum Gasteiger partial charge on any atom is 0.251 e. The number of aromatic nitrogens is 2. The number of benzene rings is 3. The number of carbonyl (C=O) groups excluding carboxylic acids is 2. The predicted molar refractivity (Wildman–Crippen MR) is 150 cm³/mol. The van der Waals surface area contributed by atoms with Crippen LogP contribution >= 0.6 is 11.8 Å². The summed E-state index contributed by atoms with van der Waals surface area (Å²) >= 11 is 1.21. The first-order valence-electron chi connectivity index (χ1n) is 12.3. The fraction of sp³-hybridized carbons (Fsp3) is 0.200. The lowest BCUT2D eigenvalue weighted by atomic mass is 10.0. The molecule has 4 aromatic rings. The van der Waals surface area contributed by atoms with Gasteiger partial charge >= 0.3 is 0 Å². The molecule has 9 heteroatoms. The van der Waals surface area contributed by atoms with Crippen LogP contribution in [0.5, 0.6) is 5.75 Å². The number of anilines is 1. The molecule has 7 nitrogen and oxygen atoms in total. The van der Waals surface area contributed by atoms with Crippen LogP contribution in [0.4, 0.5) is 10.1 Å². The Bertz CT molecular complexity index is 1400. The Morgan fingerprint density at radius 1 is 0.949 bits per heavy atom. The second-order valence-corrected chi connectivity index (χ2v) is 9.84. The molecule has 1 atom stereocenters. The third-order valence-corrected chi connectivity index (χ3v) is 6.74. The monoisotopic (exact) mass is 544 g/mol. The number of amides is 2. The minimum Gasteiger partial charge on any atom is -0.497 e. The van der Waals surface area contributed by atoms with Crippen LogP contribution in [0.25, 0.3) is 0 Å². The largest absolute Gasteiger partial charge is 0.497 e. The fourth-order valence-corrected chi connectivity index (χ4v) is 4.91. The highest BCUT2D eigenvalue weighted by Crippen LogP contribution is 2.28. The average Bonchev–Trinajstić information content (AvgIpc) is 2.93. The van der Waals surface area contributed by atoms with Crippen molar-refractivity contribution in [1.29, 1.82) is 0 Å². The van der Waals surface area contributed by atoms with E-state index in [2.05, 4.69) is 15.3 Å². The van der Waals surface area contributed by atoms with Crippen molar-refractivity contribution in [2.45, 2.75) is 31.6 Å². The van der Waals surface area contributed by atoms with Gasteiger partial charge in [-0.2, -0.15) is 0 Å². The van der Waals surface area contributed by atoms with Gasteiger partial charge in [0.05, 0.1) is 12.9 Å². The smallest absolute Gasteiger partial charge is 0.251 e. The molecule has 200 valence electrons. The van der Waals surface area contributed by atoms with Crippen LogP contribution in [0.3, 0.4) is 0 Å². The number of thioether (sulfide) groups is 1. The van der Waals surface area contributed by atoms with E-state index in [0.29, 0.717) is 22.2 Å². The van der Waals surface area contributed by atoms with Crippen molar-refractivity contribution in [3.8, 4) is 5.75 Å². The van der Waals surface area contributed by atoms with Crippen molar-refractivity contribution in [2.75, 3.05) is 18.2 Å². The summed E-state index contributed by atoms with van der Waals surface area (Å²) in [6, 6.07) is 22.8. The molecule has 1 aromatic heterocycles. The molecule has 0 aliphatic carbocycles. The number of nitrogens with zero attached hydrogens (tertiary/aromatic N) is 3. The molecule has 0 fully saturated rings. The van der Waals surface area contributed by atoms with E-state index in [1.54, 1.807) is 31.4 Å². The van der Waals surface area contributed by atoms with E-state index in [9.17, 15) is 14.0 Å². The van der Waals surface area contributed by atoms with E-state index in [4.69, 9.17) is 4.74 Å². The number of aryl methyl sites for hydroxylation is 2. The lowest BCUT2D eigenvalue weighted by Gasteiger charge is -2.31. The van der Waals surface area contributed by atoms with Gasteiger partial charge in [0, 0.05) is 23.6 Å². The molecule has 0 saturated carbocycles. The molecular formula is C30H29FN4O3S. The second-order valence-electron chi connectivity index (χ2n) is 8.90. The predicted octanol–water partition coefficient (Wildman–Crippen LogP) is 5.74. The lowest BCUT2D eigenvalue weighted by molar-refractivity contribution is -0.137. The summed E-state index contributed by atoms with van der Waals surface area (Å²) < 4.78 is 19.0. The Morgan fingerprint density at radius 2 is 1.59 bits per heavy atom. The van der Waals surface area contributed by atoms with Crippen LogP contribution in [-0.2, 0) is 16.1 Å². The van der Waals surface area contributed by atoms with Crippen molar-refractivity contribution < 1.29 is 18.7 Å². The van der Waals surface area contributed by atoms with Crippen LogP contribution in [0.1, 0.15) is 28.6 Å². The SMILES string of the molecule is COc1ccc(NC(=O)C(c2ccc(F)cc2)N(Cc2ccccc2)C(=O)CSc2nc(C)cc(C)n2)cc1. The van der Waals surface area contributed by atoms with Gasteiger partial charge in [0.1, 0.15) is 17.6 Å². The van der Waals surface area contributed by atoms with Crippen molar-refractivity contribution in [3.63, 3.8) is 0 Å². The average molecular weight is 545 g/mol. The summed E-state index contributed by atoms with van der Waals surface area (Å²) in [7, 11) is 1.56. The fourth-order valence-electron chi connectivity index (χ4n) is 4.07. The lowest BCUT2D eigenvalue weighted by Crippen LogP contribution is -2.41. The van der Waals surface area contributed by atoms with Gasteiger partial charge in [0.2, 0.25) is 5.91 Å². The molecule has 2 amide bonds. The van der Waals surface area contributed by atoms with E-state index < -0.39 is 17.8 Å². The zero-order valence-corrected chi connectivity index (χ0v) is 22.7. The molecule has 1 unspecified atom stereocenters. The minimum absolute atomic E-state index is 0.0171. The summed E-state index contributed by atoms with van der Waals surface area (Å²) in [4.78, 5) is 37.9. The van der Waals surface area contributed by atoms with Gasteiger partial charge in [-0.3, -0.25) is 9.59 Å². The van der Waals surface area contributed by atoms with Gasteiger partial charge in [-0.15, -0.1) is 0 Å². The molecule has 0 saturated heterocycles. The standard InChI is InChI=1S/C30H29FN4O3S/c1-20-17-21(2)33-30(32-20)39-19-27(36)35(18-22-7-5-4-6-8-22)28(23-9-11-24(31)12-10-23)29(37)34-25-13-15-26(38-3)16-14-25/h4-17,28H,18-19H2,1-3H3,(H,34,37). The van der Waals surface area contributed by atoms with Crippen molar-refractivity contribution in [3.05, 3.63) is 113 Å². The highest BCUT2D eigenvalue weighted by atomic mass is 32.2. The van der Waals surface area contributed by atoms with Crippen molar-refractivity contribution in [2.24, 2.45) is 0 Å². The molecule has 0 aliphatic rings. The van der Waals surface area contributed by atoms with Gasteiger partial charge in [0.25, 0.3) is 5.91 Å². The third-order valence-electron chi connectivity index (χ3n) is 5.91. The summed E-state index contributed by atoms with van der Waals surface area (Å²) in [6.45, 7) is 3.92. The number of halogens is 1. The van der Waals surface area contributed by atoms with Crippen LogP contribution < -0.4 is 10.1 Å². The first-order valence-corrected chi connectivity index (χ1v) is 13.3.